The summed E-state index contributed by atoms with van der Waals surface area (Å²) in [4.78, 5) is 12.6. The first kappa shape index (κ1) is 22.4. The number of hydrogen-bond acceptors (Lipinski definition) is 4. The maximum absolute atomic E-state index is 12.5. The summed E-state index contributed by atoms with van der Waals surface area (Å²) in [5, 5.41) is 2.74. The van der Waals surface area contributed by atoms with Crippen molar-refractivity contribution < 1.29 is 17.9 Å². The molecule has 2 N–H and O–H groups in total. The Labute approximate surface area is 174 Å². The molecule has 0 heterocycles. The van der Waals surface area contributed by atoms with Gasteiger partial charge in [0.25, 0.3) is 5.91 Å². The average Bonchev–Trinajstić information content (AvgIpc) is 2.57. The summed E-state index contributed by atoms with van der Waals surface area (Å²) in [6.07, 6.45) is -0.718. The van der Waals surface area contributed by atoms with E-state index in [1.165, 1.54) is 12.1 Å². The van der Waals surface area contributed by atoms with Crippen molar-refractivity contribution in [3.63, 3.8) is 0 Å². The van der Waals surface area contributed by atoms with Crippen LogP contribution >= 0.6 is 15.9 Å². The number of benzene rings is 2. The standard InChI is InChI=1S/C20H25BrN2O4S/c1-12(2)23-28(25,26)18-8-6-17(7-9-18)22-20(24)15(5)27-19-13(3)10-16(21)11-14(19)4/h6-12,15,23H,1-5H3,(H,22,24). The van der Waals surface area contributed by atoms with Crippen LogP contribution in [0.15, 0.2) is 45.8 Å². The quantitative estimate of drug-likeness (QED) is 0.638. The molecular formula is C20H25BrN2O4S. The summed E-state index contributed by atoms with van der Waals surface area (Å²) in [5.41, 5.74) is 2.35. The average molecular weight is 469 g/mol. The van der Waals surface area contributed by atoms with Crippen LogP contribution in [0.2, 0.25) is 0 Å². The van der Waals surface area contributed by atoms with Crippen molar-refractivity contribution in [1.82, 2.24) is 4.72 Å². The maximum atomic E-state index is 12.5. The minimum absolute atomic E-state index is 0.143. The Morgan fingerprint density at radius 2 is 1.57 bits per heavy atom. The second-order valence-corrected chi connectivity index (χ2v) is 9.55. The van der Waals surface area contributed by atoms with Gasteiger partial charge in [0.15, 0.2) is 6.10 Å². The van der Waals surface area contributed by atoms with Crippen LogP contribution in [0.25, 0.3) is 0 Å². The van der Waals surface area contributed by atoms with Gasteiger partial charge >= 0.3 is 0 Å². The Kier molecular flexibility index (Phi) is 7.25. The van der Waals surface area contributed by atoms with Crippen LogP contribution < -0.4 is 14.8 Å². The Morgan fingerprint density at radius 3 is 2.07 bits per heavy atom. The lowest BCUT2D eigenvalue weighted by Crippen LogP contribution is -2.31. The Hall–Kier alpha value is -1.90. The summed E-state index contributed by atoms with van der Waals surface area (Å²) in [6, 6.07) is 9.66. The van der Waals surface area contributed by atoms with Crippen LogP contribution in [0, 0.1) is 13.8 Å². The fourth-order valence-electron chi connectivity index (χ4n) is 2.65. The number of anilines is 1. The van der Waals surface area contributed by atoms with Crippen molar-refractivity contribution in [3.05, 3.63) is 52.0 Å². The third-order valence-corrected chi connectivity index (χ3v) is 6.04. The first-order chi connectivity index (χ1) is 13.0. The van der Waals surface area contributed by atoms with Crippen molar-refractivity contribution in [1.29, 1.82) is 0 Å². The van der Waals surface area contributed by atoms with Gasteiger partial charge in [-0.25, -0.2) is 13.1 Å². The minimum atomic E-state index is -3.57. The number of carbonyl (C=O) groups excluding carboxylic acids is 1. The summed E-state index contributed by atoms with van der Waals surface area (Å²) in [5.74, 6) is 0.352. The monoisotopic (exact) mass is 468 g/mol. The Bertz CT molecular complexity index is 934. The number of sulfonamides is 1. The van der Waals surface area contributed by atoms with Gasteiger partial charge in [-0.15, -0.1) is 0 Å². The van der Waals surface area contributed by atoms with Crippen LogP contribution in [0.1, 0.15) is 31.9 Å². The topological polar surface area (TPSA) is 84.5 Å². The van der Waals surface area contributed by atoms with E-state index in [-0.39, 0.29) is 16.8 Å². The highest BCUT2D eigenvalue weighted by molar-refractivity contribution is 9.10. The zero-order valence-corrected chi connectivity index (χ0v) is 18.9. The summed E-state index contributed by atoms with van der Waals surface area (Å²) in [7, 11) is -3.57. The molecule has 152 valence electrons. The van der Waals surface area contributed by atoms with Gasteiger partial charge in [-0.2, -0.15) is 0 Å². The van der Waals surface area contributed by atoms with Gasteiger partial charge in [-0.3, -0.25) is 4.79 Å². The molecule has 0 aromatic heterocycles. The molecule has 2 aromatic rings. The van der Waals surface area contributed by atoms with E-state index in [0.717, 1.165) is 15.6 Å². The largest absolute Gasteiger partial charge is 0.480 e. The van der Waals surface area contributed by atoms with E-state index < -0.39 is 16.1 Å². The molecular weight excluding hydrogens is 444 g/mol. The molecule has 0 bridgehead atoms. The van der Waals surface area contributed by atoms with E-state index in [9.17, 15) is 13.2 Å². The number of carbonyl (C=O) groups is 1. The molecule has 1 amide bonds. The van der Waals surface area contributed by atoms with Crippen molar-refractivity contribution in [3.8, 4) is 5.75 Å². The normalized spacial score (nSPS) is 12.7. The zero-order valence-electron chi connectivity index (χ0n) is 16.5. The van der Waals surface area contributed by atoms with E-state index in [1.807, 2.05) is 26.0 Å². The first-order valence-corrected chi connectivity index (χ1v) is 11.1. The molecule has 0 spiro atoms. The number of amides is 1. The number of hydrogen-bond donors (Lipinski definition) is 2. The van der Waals surface area contributed by atoms with Gasteiger partial charge in [-0.05, 0) is 82.1 Å². The fraction of sp³-hybridized carbons (Fsp3) is 0.350. The van der Waals surface area contributed by atoms with Crippen molar-refractivity contribution in [2.24, 2.45) is 0 Å². The second-order valence-electron chi connectivity index (χ2n) is 6.92. The molecule has 28 heavy (non-hydrogen) atoms. The molecule has 0 fully saturated rings. The fourth-order valence-corrected chi connectivity index (χ4v) is 4.59. The van der Waals surface area contributed by atoms with E-state index >= 15 is 0 Å². The molecule has 0 aliphatic rings. The number of aryl methyl sites for hydroxylation is 2. The molecule has 8 heteroatoms. The summed E-state index contributed by atoms with van der Waals surface area (Å²) < 4.78 is 33.6. The highest BCUT2D eigenvalue weighted by Crippen LogP contribution is 2.28. The molecule has 0 saturated carbocycles. The molecule has 0 saturated heterocycles. The van der Waals surface area contributed by atoms with Gasteiger partial charge < -0.3 is 10.1 Å². The molecule has 2 aromatic carbocycles. The van der Waals surface area contributed by atoms with Crippen LogP contribution in [0.3, 0.4) is 0 Å². The second kappa shape index (κ2) is 9.07. The van der Waals surface area contributed by atoms with Gasteiger partial charge in [0, 0.05) is 16.2 Å². The van der Waals surface area contributed by atoms with Gasteiger partial charge in [0.2, 0.25) is 10.0 Å². The summed E-state index contributed by atoms with van der Waals surface area (Å²) >= 11 is 3.44. The third kappa shape index (κ3) is 5.80. The van der Waals surface area contributed by atoms with Gasteiger partial charge in [0.05, 0.1) is 4.90 Å². The summed E-state index contributed by atoms with van der Waals surface area (Å²) in [6.45, 7) is 9.01. The predicted molar refractivity (Wildman–Crippen MR) is 114 cm³/mol. The minimum Gasteiger partial charge on any atom is -0.480 e. The van der Waals surface area contributed by atoms with Crippen LogP contribution in [0.4, 0.5) is 5.69 Å². The van der Waals surface area contributed by atoms with Crippen molar-refractivity contribution in [2.45, 2.75) is 51.7 Å². The molecule has 1 unspecified atom stereocenters. The molecule has 0 aliphatic heterocycles. The number of ether oxygens (including phenoxy) is 1. The lowest BCUT2D eigenvalue weighted by atomic mass is 10.1. The smallest absolute Gasteiger partial charge is 0.265 e. The van der Waals surface area contributed by atoms with Crippen LogP contribution in [0.5, 0.6) is 5.75 Å². The number of rotatable bonds is 7. The molecule has 0 radical (unpaired) electrons. The van der Waals surface area contributed by atoms with Crippen LogP contribution in [-0.4, -0.2) is 26.5 Å². The highest BCUT2D eigenvalue weighted by Gasteiger charge is 2.19. The van der Waals surface area contributed by atoms with E-state index in [4.69, 9.17) is 4.74 Å². The maximum Gasteiger partial charge on any atom is 0.265 e. The molecule has 2 rings (SSSR count). The van der Waals surface area contributed by atoms with E-state index in [0.29, 0.717) is 11.4 Å². The first-order valence-electron chi connectivity index (χ1n) is 8.86. The van der Waals surface area contributed by atoms with E-state index in [2.05, 4.69) is 26.0 Å². The lowest BCUT2D eigenvalue weighted by molar-refractivity contribution is -0.122. The predicted octanol–water partition coefficient (Wildman–Crippen LogP) is 4.16. The number of nitrogens with one attached hydrogen (secondary N) is 2. The van der Waals surface area contributed by atoms with Crippen LogP contribution in [-0.2, 0) is 14.8 Å². The van der Waals surface area contributed by atoms with Gasteiger partial charge in [0.1, 0.15) is 5.75 Å². The lowest BCUT2D eigenvalue weighted by Gasteiger charge is -2.18. The van der Waals surface area contributed by atoms with Crippen molar-refractivity contribution >= 4 is 37.5 Å². The van der Waals surface area contributed by atoms with E-state index in [1.54, 1.807) is 32.9 Å². The Balaban J connectivity index is 2.07. The highest BCUT2D eigenvalue weighted by atomic mass is 79.9. The zero-order chi connectivity index (χ0) is 21.1. The van der Waals surface area contributed by atoms with Gasteiger partial charge in [-0.1, -0.05) is 15.9 Å². The third-order valence-electron chi connectivity index (χ3n) is 3.91. The Morgan fingerprint density at radius 1 is 1.04 bits per heavy atom. The molecule has 0 aliphatic carbocycles. The SMILES string of the molecule is Cc1cc(Br)cc(C)c1OC(C)C(=O)Nc1ccc(S(=O)(=O)NC(C)C)cc1. The number of halogens is 1. The molecule has 6 nitrogen and oxygen atoms in total. The molecule has 1 atom stereocenters. The van der Waals surface area contributed by atoms with Crippen molar-refractivity contribution in [2.75, 3.05) is 5.32 Å².